The number of nitrogens with one attached hydrogen (secondary N) is 2. The van der Waals surface area contributed by atoms with Gasteiger partial charge in [0.15, 0.2) is 0 Å². The van der Waals surface area contributed by atoms with Crippen molar-refractivity contribution in [1.29, 1.82) is 0 Å². The molecule has 2 aromatic rings. The Kier molecular flexibility index (Phi) is 3.22. The van der Waals surface area contributed by atoms with Crippen molar-refractivity contribution in [3.05, 3.63) is 36.0 Å². The van der Waals surface area contributed by atoms with Crippen LogP contribution in [0.5, 0.6) is 0 Å². The number of nitrogens with two attached hydrogens (primary N) is 2. The van der Waals surface area contributed by atoms with Crippen LogP contribution in [0.4, 0.5) is 4.39 Å². The first-order chi connectivity index (χ1) is 11.7. The van der Waals surface area contributed by atoms with E-state index in [9.17, 15) is 9.18 Å². The highest BCUT2D eigenvalue weighted by atomic mass is 19.1. The number of fused-ring (bicyclic) bond motifs is 2. The van der Waals surface area contributed by atoms with E-state index in [0.717, 1.165) is 0 Å². The minimum absolute atomic E-state index is 0.209. The molecule has 25 heavy (non-hydrogen) atoms. The Morgan fingerprint density at radius 1 is 1.32 bits per heavy atom. The first kappa shape index (κ1) is 16.3. The lowest BCUT2D eigenvalue weighted by Gasteiger charge is -2.27. The summed E-state index contributed by atoms with van der Waals surface area (Å²) in [7, 11) is 0. The van der Waals surface area contributed by atoms with Crippen LogP contribution < -0.4 is 22.1 Å². The van der Waals surface area contributed by atoms with Crippen molar-refractivity contribution in [3.8, 4) is 0 Å². The zero-order valence-electron chi connectivity index (χ0n) is 14.1. The van der Waals surface area contributed by atoms with Gasteiger partial charge < -0.3 is 22.1 Å². The summed E-state index contributed by atoms with van der Waals surface area (Å²) in [5, 5.41) is 6.67. The summed E-state index contributed by atoms with van der Waals surface area (Å²) < 4.78 is 14.0. The second-order valence-electron chi connectivity index (χ2n) is 7.59. The lowest BCUT2D eigenvalue weighted by molar-refractivity contribution is -0.124. The van der Waals surface area contributed by atoms with Crippen LogP contribution in [0.15, 0.2) is 24.5 Å². The van der Waals surface area contributed by atoms with Gasteiger partial charge in [0.1, 0.15) is 17.7 Å². The topological polar surface area (TPSA) is 119 Å². The molecule has 0 radical (unpaired) electrons. The maximum absolute atomic E-state index is 14.0. The lowest BCUT2D eigenvalue weighted by Crippen LogP contribution is -2.47. The average Bonchev–Trinajstić information content (AvgIpc) is 2.85. The molecule has 4 rings (SSSR count). The van der Waals surface area contributed by atoms with Gasteiger partial charge in [-0.25, -0.2) is 14.4 Å². The molecule has 8 heteroatoms. The number of carbonyl (C=O) groups excluding carboxylic acids is 1. The monoisotopic (exact) mass is 344 g/mol. The van der Waals surface area contributed by atoms with E-state index in [2.05, 4.69) is 20.6 Å². The Balaban J connectivity index is 1.65. The Morgan fingerprint density at radius 2 is 2.00 bits per heavy atom. The zero-order valence-corrected chi connectivity index (χ0v) is 14.1. The maximum atomic E-state index is 14.0. The van der Waals surface area contributed by atoms with Gasteiger partial charge >= 0.3 is 0 Å². The van der Waals surface area contributed by atoms with Crippen LogP contribution >= 0.6 is 0 Å². The summed E-state index contributed by atoms with van der Waals surface area (Å²) >= 11 is 0. The number of amides is 1. The molecule has 7 nitrogen and oxygen atoms in total. The smallest absolute Gasteiger partial charge is 0.227 e. The lowest BCUT2D eigenvalue weighted by atomic mass is 9.95. The van der Waals surface area contributed by atoms with Gasteiger partial charge in [0.25, 0.3) is 0 Å². The van der Waals surface area contributed by atoms with Gasteiger partial charge in [-0.1, -0.05) is 12.1 Å². The number of hydrogen-bond donors (Lipinski definition) is 4. The summed E-state index contributed by atoms with van der Waals surface area (Å²) in [5.74, 6) is -1.09. The molecule has 0 bridgehead atoms. The molecule has 6 N–H and O–H groups in total. The third-order valence-corrected chi connectivity index (χ3v) is 5.55. The van der Waals surface area contributed by atoms with Crippen molar-refractivity contribution in [2.24, 2.45) is 17.4 Å². The number of piperidine rings is 1. The van der Waals surface area contributed by atoms with E-state index in [1.54, 1.807) is 12.1 Å². The third-order valence-electron chi connectivity index (χ3n) is 5.55. The SMILES string of the molecule is CC(C)(NC(=O)C1[C@]2(N)CNC[C@]12N)c1ncnc2c(F)cccc12. The molecule has 2 fully saturated rings. The van der Waals surface area contributed by atoms with Crippen LogP contribution in [0.25, 0.3) is 10.9 Å². The Bertz CT molecular complexity index is 871. The van der Waals surface area contributed by atoms with Crippen LogP contribution in [0.3, 0.4) is 0 Å². The average molecular weight is 344 g/mol. The number of para-hydroxylation sites is 1. The summed E-state index contributed by atoms with van der Waals surface area (Å²) in [6.07, 6.45) is 1.30. The second kappa shape index (κ2) is 4.94. The van der Waals surface area contributed by atoms with Crippen molar-refractivity contribution in [2.45, 2.75) is 30.5 Å². The van der Waals surface area contributed by atoms with E-state index in [-0.39, 0.29) is 11.4 Å². The molecule has 1 aromatic carbocycles. The third kappa shape index (κ3) is 2.11. The number of carbonyl (C=O) groups is 1. The highest BCUT2D eigenvalue weighted by molar-refractivity contribution is 5.89. The standard InChI is InChI=1S/C17H21FN6O/c1-15(2,13-9-4-3-5-10(18)11(9)22-8-23-13)24-14(25)12-16(19)6-21-7-17(12,16)20/h3-5,8,12,21H,6-7,19-20H2,1-2H3,(H,24,25)/t12?,16-,17+. The molecule has 1 aliphatic heterocycles. The zero-order chi connectivity index (χ0) is 18.0. The number of rotatable bonds is 3. The van der Waals surface area contributed by atoms with Gasteiger partial charge in [-0.3, -0.25) is 4.79 Å². The molecule has 1 saturated heterocycles. The molecule has 1 unspecified atom stereocenters. The molecule has 0 spiro atoms. The van der Waals surface area contributed by atoms with Crippen molar-refractivity contribution in [3.63, 3.8) is 0 Å². The van der Waals surface area contributed by atoms with Gasteiger partial charge in [-0.2, -0.15) is 0 Å². The van der Waals surface area contributed by atoms with Crippen LogP contribution in [-0.2, 0) is 10.3 Å². The van der Waals surface area contributed by atoms with Crippen molar-refractivity contribution in [2.75, 3.05) is 13.1 Å². The van der Waals surface area contributed by atoms with Gasteiger partial charge in [0.05, 0.1) is 28.2 Å². The summed E-state index contributed by atoms with van der Waals surface area (Å²) in [4.78, 5) is 21.1. The Morgan fingerprint density at radius 3 is 2.68 bits per heavy atom. The molecule has 1 aliphatic carbocycles. The first-order valence-electron chi connectivity index (χ1n) is 8.21. The highest BCUT2D eigenvalue weighted by Gasteiger charge is 2.78. The molecule has 2 heterocycles. The first-order valence-corrected chi connectivity index (χ1v) is 8.21. The number of hydrogen-bond acceptors (Lipinski definition) is 6. The molecule has 2 aliphatic rings. The van der Waals surface area contributed by atoms with Gasteiger partial charge in [-0.05, 0) is 19.9 Å². The molecule has 132 valence electrons. The Labute approximate surface area is 144 Å². The molecule has 1 amide bonds. The van der Waals surface area contributed by atoms with E-state index in [1.165, 1.54) is 12.4 Å². The van der Waals surface area contributed by atoms with Crippen LogP contribution in [0.2, 0.25) is 0 Å². The second-order valence-corrected chi connectivity index (χ2v) is 7.59. The van der Waals surface area contributed by atoms with E-state index in [1.807, 2.05) is 13.8 Å². The molecule has 1 saturated carbocycles. The molecular formula is C17H21FN6O. The van der Waals surface area contributed by atoms with Crippen molar-refractivity contribution in [1.82, 2.24) is 20.6 Å². The van der Waals surface area contributed by atoms with Gasteiger partial charge in [0.2, 0.25) is 5.91 Å². The van der Waals surface area contributed by atoms with Crippen LogP contribution in [-0.4, -0.2) is 40.0 Å². The van der Waals surface area contributed by atoms with Crippen LogP contribution in [0.1, 0.15) is 19.5 Å². The summed E-state index contributed by atoms with van der Waals surface area (Å²) in [6, 6.07) is 4.69. The molecular weight excluding hydrogens is 323 g/mol. The van der Waals surface area contributed by atoms with E-state index >= 15 is 0 Å². The largest absolute Gasteiger partial charge is 0.345 e. The highest BCUT2D eigenvalue weighted by Crippen LogP contribution is 2.53. The minimum Gasteiger partial charge on any atom is -0.345 e. The van der Waals surface area contributed by atoms with Crippen molar-refractivity contribution < 1.29 is 9.18 Å². The predicted octanol–water partition coefficient (Wildman–Crippen LogP) is -0.252. The summed E-state index contributed by atoms with van der Waals surface area (Å²) in [6.45, 7) is 4.67. The number of aromatic nitrogens is 2. The quantitative estimate of drug-likeness (QED) is 0.610. The predicted molar refractivity (Wildman–Crippen MR) is 90.9 cm³/mol. The molecule has 3 atom stereocenters. The maximum Gasteiger partial charge on any atom is 0.227 e. The fourth-order valence-corrected chi connectivity index (χ4v) is 4.12. The normalized spacial score (nSPS) is 31.0. The van der Waals surface area contributed by atoms with E-state index in [0.29, 0.717) is 24.2 Å². The fraction of sp³-hybridized carbons (Fsp3) is 0.471. The van der Waals surface area contributed by atoms with E-state index in [4.69, 9.17) is 11.5 Å². The van der Waals surface area contributed by atoms with Crippen molar-refractivity contribution >= 4 is 16.8 Å². The fourth-order valence-electron chi connectivity index (χ4n) is 4.12. The molecule has 1 aromatic heterocycles. The number of halogens is 1. The number of nitrogens with zero attached hydrogens (tertiary/aromatic N) is 2. The van der Waals surface area contributed by atoms with Crippen LogP contribution in [0, 0.1) is 11.7 Å². The van der Waals surface area contributed by atoms with E-state index < -0.39 is 28.4 Å². The minimum atomic E-state index is -0.830. The van der Waals surface area contributed by atoms with Gasteiger partial charge in [0, 0.05) is 18.5 Å². The number of benzene rings is 1. The Hall–Kier alpha value is -2.16. The summed E-state index contributed by atoms with van der Waals surface area (Å²) in [5.41, 5.74) is 11.1. The van der Waals surface area contributed by atoms with Gasteiger partial charge in [-0.15, -0.1) is 0 Å².